The molecule has 4 aromatic rings. The Morgan fingerprint density at radius 3 is 2.53 bits per heavy atom. The van der Waals surface area contributed by atoms with Crippen LogP contribution in [0.2, 0.25) is 0 Å². The van der Waals surface area contributed by atoms with Crippen molar-refractivity contribution < 1.29 is 4.39 Å². The third-order valence-corrected chi connectivity index (χ3v) is 6.56. The highest BCUT2D eigenvalue weighted by atomic mass is 19.1. The Hall–Kier alpha value is -3.75. The minimum Gasteiger partial charge on any atom is -0.368 e. The maximum Gasteiger partial charge on any atom is 0.256 e. The zero-order chi connectivity index (χ0) is 23.8. The molecule has 0 amide bonds. The van der Waals surface area contributed by atoms with E-state index in [1.54, 1.807) is 23.2 Å². The Kier molecular flexibility index (Phi) is 5.77. The molecular formula is C25H26FN7O. The molecule has 1 aliphatic rings. The second-order valence-corrected chi connectivity index (χ2v) is 8.83. The Labute approximate surface area is 196 Å². The van der Waals surface area contributed by atoms with Gasteiger partial charge in [0.15, 0.2) is 5.65 Å². The summed E-state index contributed by atoms with van der Waals surface area (Å²) < 4.78 is 16.1. The van der Waals surface area contributed by atoms with Crippen LogP contribution in [-0.2, 0) is 6.54 Å². The third kappa shape index (κ3) is 4.02. The van der Waals surface area contributed by atoms with Crippen molar-refractivity contribution in [1.82, 2.24) is 29.5 Å². The lowest BCUT2D eigenvalue weighted by Gasteiger charge is -2.34. The molecule has 0 atom stereocenters. The van der Waals surface area contributed by atoms with Crippen LogP contribution in [0.4, 0.5) is 10.1 Å². The second-order valence-electron chi connectivity index (χ2n) is 8.83. The van der Waals surface area contributed by atoms with E-state index in [-0.39, 0.29) is 18.0 Å². The quantitative estimate of drug-likeness (QED) is 0.432. The number of aryl methyl sites for hydroxylation is 3. The summed E-state index contributed by atoms with van der Waals surface area (Å²) in [6, 6.07) is 3.70. The van der Waals surface area contributed by atoms with Crippen molar-refractivity contribution in [2.24, 2.45) is 0 Å². The van der Waals surface area contributed by atoms with Crippen LogP contribution in [0.5, 0.6) is 0 Å². The number of nitrogens with zero attached hydrogens (tertiary/aromatic N) is 7. The largest absolute Gasteiger partial charge is 0.368 e. The van der Waals surface area contributed by atoms with Gasteiger partial charge in [-0.3, -0.25) is 24.3 Å². The standard InChI is InChI=1S/C25H26FN7O/c1-15-4-7-29-23(26)22(15)32-10-5-18(6-11-32)19-12-20-24(31-16(2)13-30-20)33(25(19)34)14-21-17(3)27-8-9-28-21/h4,7-9,12-13,18H,5-6,10-11,14H2,1-3H3. The molecule has 0 aromatic carbocycles. The summed E-state index contributed by atoms with van der Waals surface area (Å²) in [5, 5.41) is 0. The number of rotatable bonds is 4. The van der Waals surface area contributed by atoms with Crippen LogP contribution >= 0.6 is 0 Å². The van der Waals surface area contributed by atoms with Gasteiger partial charge < -0.3 is 4.90 Å². The van der Waals surface area contributed by atoms with E-state index >= 15 is 0 Å². The molecule has 0 radical (unpaired) electrons. The van der Waals surface area contributed by atoms with Crippen LogP contribution in [0.3, 0.4) is 0 Å². The number of hydrogen-bond donors (Lipinski definition) is 0. The molecule has 0 unspecified atom stereocenters. The smallest absolute Gasteiger partial charge is 0.256 e. The highest BCUT2D eigenvalue weighted by molar-refractivity contribution is 5.71. The molecule has 1 saturated heterocycles. The van der Waals surface area contributed by atoms with Crippen LogP contribution in [0.15, 0.2) is 41.7 Å². The fraction of sp³-hybridized carbons (Fsp3) is 0.360. The first-order valence-electron chi connectivity index (χ1n) is 11.4. The molecule has 1 aliphatic heterocycles. The molecule has 0 N–H and O–H groups in total. The van der Waals surface area contributed by atoms with Crippen molar-refractivity contribution in [3.05, 3.63) is 81.4 Å². The molecule has 174 valence electrons. The third-order valence-electron chi connectivity index (χ3n) is 6.56. The summed E-state index contributed by atoms with van der Waals surface area (Å²) in [7, 11) is 0. The van der Waals surface area contributed by atoms with Gasteiger partial charge in [-0.15, -0.1) is 0 Å². The van der Waals surface area contributed by atoms with Crippen molar-refractivity contribution in [2.45, 2.75) is 46.1 Å². The van der Waals surface area contributed by atoms with Crippen LogP contribution in [0.25, 0.3) is 11.2 Å². The predicted molar refractivity (Wildman–Crippen MR) is 128 cm³/mol. The van der Waals surface area contributed by atoms with Gasteiger partial charge in [0.05, 0.1) is 29.3 Å². The van der Waals surface area contributed by atoms with Gasteiger partial charge in [-0.25, -0.2) is 9.97 Å². The van der Waals surface area contributed by atoms with E-state index in [2.05, 4.69) is 24.9 Å². The van der Waals surface area contributed by atoms with E-state index in [0.29, 0.717) is 29.9 Å². The molecule has 8 nitrogen and oxygen atoms in total. The topological polar surface area (TPSA) is 89.7 Å². The van der Waals surface area contributed by atoms with Gasteiger partial charge >= 0.3 is 0 Å². The van der Waals surface area contributed by atoms with Crippen LogP contribution in [0, 0.1) is 26.7 Å². The maximum atomic E-state index is 14.4. The average molecular weight is 460 g/mol. The van der Waals surface area contributed by atoms with Crippen molar-refractivity contribution in [3.8, 4) is 0 Å². The summed E-state index contributed by atoms with van der Waals surface area (Å²) in [6.45, 7) is 7.20. The Balaban J connectivity index is 1.51. The predicted octanol–water partition coefficient (Wildman–Crippen LogP) is 3.47. The SMILES string of the molecule is Cc1cnc2cc(C3CCN(c4c(C)ccnc4F)CC3)c(=O)n(Cc3nccnc3C)c2n1. The molecule has 0 bridgehead atoms. The first kappa shape index (κ1) is 22.1. The molecule has 5 rings (SSSR count). The number of fused-ring (bicyclic) bond motifs is 1. The molecule has 1 fully saturated rings. The molecule has 0 spiro atoms. The Morgan fingerprint density at radius 2 is 1.79 bits per heavy atom. The van der Waals surface area contributed by atoms with Gasteiger partial charge in [0.1, 0.15) is 5.52 Å². The monoisotopic (exact) mass is 459 g/mol. The average Bonchev–Trinajstić information content (AvgIpc) is 2.82. The number of piperidine rings is 1. The number of hydrogen-bond acceptors (Lipinski definition) is 7. The fourth-order valence-corrected chi connectivity index (χ4v) is 4.73. The summed E-state index contributed by atoms with van der Waals surface area (Å²) >= 11 is 0. The molecule has 9 heteroatoms. The minimum atomic E-state index is -0.448. The summed E-state index contributed by atoms with van der Waals surface area (Å²) in [5.41, 5.74) is 5.52. The van der Waals surface area contributed by atoms with Gasteiger partial charge in [-0.1, -0.05) is 0 Å². The lowest BCUT2D eigenvalue weighted by molar-refractivity contribution is 0.487. The molecular weight excluding hydrogens is 433 g/mol. The first-order valence-corrected chi connectivity index (χ1v) is 11.4. The van der Waals surface area contributed by atoms with E-state index in [0.717, 1.165) is 41.1 Å². The molecule has 34 heavy (non-hydrogen) atoms. The molecule has 5 heterocycles. The number of anilines is 1. The van der Waals surface area contributed by atoms with Crippen molar-refractivity contribution in [3.63, 3.8) is 0 Å². The van der Waals surface area contributed by atoms with Crippen LogP contribution in [-0.4, -0.2) is 42.6 Å². The van der Waals surface area contributed by atoms with E-state index in [1.807, 2.05) is 37.8 Å². The van der Waals surface area contributed by atoms with Gasteiger partial charge in [0, 0.05) is 43.4 Å². The van der Waals surface area contributed by atoms with Gasteiger partial charge in [-0.05, 0) is 57.2 Å². The fourth-order valence-electron chi connectivity index (χ4n) is 4.73. The van der Waals surface area contributed by atoms with Crippen LogP contribution < -0.4 is 10.5 Å². The molecule has 0 aliphatic carbocycles. The Morgan fingerprint density at radius 1 is 1.03 bits per heavy atom. The van der Waals surface area contributed by atoms with Gasteiger partial charge in [0.2, 0.25) is 5.95 Å². The van der Waals surface area contributed by atoms with Crippen LogP contribution in [0.1, 0.15) is 47.0 Å². The van der Waals surface area contributed by atoms with E-state index in [4.69, 9.17) is 0 Å². The van der Waals surface area contributed by atoms with Gasteiger partial charge in [0.25, 0.3) is 5.56 Å². The van der Waals surface area contributed by atoms with Crippen molar-refractivity contribution in [2.75, 3.05) is 18.0 Å². The lowest BCUT2D eigenvalue weighted by atomic mass is 9.89. The van der Waals surface area contributed by atoms with E-state index in [9.17, 15) is 9.18 Å². The highest BCUT2D eigenvalue weighted by Gasteiger charge is 2.27. The van der Waals surface area contributed by atoms with Crippen molar-refractivity contribution >= 4 is 16.9 Å². The first-order chi connectivity index (χ1) is 16.4. The Bertz CT molecular complexity index is 1410. The maximum absolute atomic E-state index is 14.4. The molecule has 0 saturated carbocycles. The number of pyridine rings is 2. The lowest BCUT2D eigenvalue weighted by Crippen LogP contribution is -2.36. The highest BCUT2D eigenvalue weighted by Crippen LogP contribution is 2.32. The summed E-state index contributed by atoms with van der Waals surface area (Å²) in [6.07, 6.45) is 7.94. The zero-order valence-electron chi connectivity index (χ0n) is 19.5. The normalized spacial score (nSPS) is 14.6. The summed E-state index contributed by atoms with van der Waals surface area (Å²) in [5.74, 6) is -0.401. The van der Waals surface area contributed by atoms with E-state index < -0.39 is 5.95 Å². The van der Waals surface area contributed by atoms with Gasteiger partial charge in [-0.2, -0.15) is 4.39 Å². The van der Waals surface area contributed by atoms with Crippen molar-refractivity contribution in [1.29, 1.82) is 0 Å². The summed E-state index contributed by atoms with van der Waals surface area (Å²) in [4.78, 5) is 37.5. The second kappa shape index (κ2) is 8.89. The van der Waals surface area contributed by atoms with E-state index in [1.165, 1.54) is 6.20 Å². The zero-order valence-corrected chi connectivity index (χ0v) is 19.5. The number of halogens is 1. The molecule has 4 aromatic heterocycles. The number of aromatic nitrogens is 6. The minimum absolute atomic E-state index is 0.0468.